The zero-order valence-corrected chi connectivity index (χ0v) is 24.2. The molecule has 0 aliphatic rings. The number of hydrogen-bond donors (Lipinski definition) is 2. The molecule has 0 saturated carbocycles. The molecule has 222 valence electrons. The number of nitrogens with zero attached hydrogens (tertiary/aromatic N) is 1. The number of carboxylic acids is 1. The fourth-order valence-electron chi connectivity index (χ4n) is 4.65. The van der Waals surface area contributed by atoms with E-state index in [1.54, 1.807) is 84.9 Å². The van der Waals surface area contributed by atoms with Gasteiger partial charge in [0.25, 0.3) is 0 Å². The van der Waals surface area contributed by atoms with Crippen molar-refractivity contribution >= 4 is 29.0 Å². The van der Waals surface area contributed by atoms with Gasteiger partial charge in [-0.3, -0.25) is 9.59 Å². The molecule has 2 N–H and O–H groups in total. The van der Waals surface area contributed by atoms with E-state index in [-0.39, 0.29) is 37.2 Å². The lowest BCUT2D eigenvalue weighted by molar-refractivity contribution is -0.137. The molecular formula is C35H35FN2O5. The van der Waals surface area contributed by atoms with Crippen molar-refractivity contribution in [2.75, 3.05) is 23.4 Å². The minimum atomic E-state index is -1.05. The molecule has 0 saturated heterocycles. The van der Waals surface area contributed by atoms with Crippen LogP contribution in [0.4, 0.5) is 15.8 Å². The predicted molar refractivity (Wildman–Crippen MR) is 165 cm³/mol. The molecule has 0 bridgehead atoms. The van der Waals surface area contributed by atoms with Gasteiger partial charge in [-0.2, -0.15) is 0 Å². The second kappa shape index (κ2) is 14.8. The van der Waals surface area contributed by atoms with E-state index in [1.165, 1.54) is 17.0 Å². The molecule has 8 heteroatoms. The summed E-state index contributed by atoms with van der Waals surface area (Å²) in [6.07, 6.45) is 0.495. The van der Waals surface area contributed by atoms with Crippen LogP contribution in [0.3, 0.4) is 0 Å². The van der Waals surface area contributed by atoms with Crippen molar-refractivity contribution in [1.29, 1.82) is 0 Å². The fraction of sp³-hybridized carbons (Fsp3) is 0.229. The molecular weight excluding hydrogens is 547 g/mol. The molecule has 0 spiro atoms. The Labute approximate surface area is 250 Å². The van der Waals surface area contributed by atoms with Gasteiger partial charge in [0.2, 0.25) is 5.91 Å². The monoisotopic (exact) mass is 582 g/mol. The molecule has 4 aromatic rings. The van der Waals surface area contributed by atoms with Gasteiger partial charge >= 0.3 is 5.97 Å². The molecule has 1 unspecified atom stereocenters. The summed E-state index contributed by atoms with van der Waals surface area (Å²) < 4.78 is 19.7. The number of benzene rings is 4. The lowest BCUT2D eigenvalue weighted by Gasteiger charge is -2.24. The molecule has 0 heterocycles. The van der Waals surface area contributed by atoms with Crippen LogP contribution in [0.2, 0.25) is 0 Å². The van der Waals surface area contributed by atoms with Crippen LogP contribution < -0.4 is 15.0 Å². The number of nitrogens with one attached hydrogen (secondary N) is 1. The van der Waals surface area contributed by atoms with Crippen LogP contribution in [0, 0.1) is 11.7 Å². The fourth-order valence-corrected chi connectivity index (χ4v) is 4.65. The third-order valence-corrected chi connectivity index (χ3v) is 6.79. The van der Waals surface area contributed by atoms with Crippen molar-refractivity contribution < 1.29 is 28.6 Å². The molecule has 0 fully saturated rings. The topological polar surface area (TPSA) is 95.9 Å². The Balaban J connectivity index is 1.39. The molecule has 0 radical (unpaired) electrons. The normalized spacial score (nSPS) is 11.5. The molecule has 7 nitrogen and oxygen atoms in total. The molecule has 4 aromatic carbocycles. The maximum Gasteiger partial charge on any atom is 0.326 e. The van der Waals surface area contributed by atoms with E-state index < -0.39 is 17.8 Å². The van der Waals surface area contributed by atoms with Crippen molar-refractivity contribution in [3.05, 3.63) is 126 Å². The molecule has 0 aliphatic carbocycles. The molecule has 4 rings (SSSR count). The average molecular weight is 583 g/mol. The third kappa shape index (κ3) is 8.75. The summed E-state index contributed by atoms with van der Waals surface area (Å²) in [4.78, 5) is 39.6. The Kier molecular flexibility index (Phi) is 10.6. The zero-order valence-electron chi connectivity index (χ0n) is 24.2. The standard InChI is InChI=1S/C35H35FN2O5/c1-24(2)21-33(39)38(28-12-8-11-27(36)23-28)19-20-43-29-17-15-25(16-18-29)22-32(35(41)42)37-31-14-7-6-13-30(31)34(40)26-9-4-3-5-10-26/h3-18,23-24,32,37H,19-22H2,1-2H3,(H,41,42). The molecule has 0 aliphatic heterocycles. The maximum absolute atomic E-state index is 13.8. The van der Waals surface area contributed by atoms with Gasteiger partial charge in [0.1, 0.15) is 24.2 Å². The van der Waals surface area contributed by atoms with Gasteiger partial charge in [-0.05, 0) is 53.9 Å². The minimum absolute atomic E-state index is 0.112. The number of para-hydroxylation sites is 1. The SMILES string of the molecule is CC(C)CC(=O)N(CCOc1ccc(CC(Nc2ccccc2C(=O)c2ccccc2)C(=O)O)cc1)c1cccc(F)c1. The van der Waals surface area contributed by atoms with Crippen molar-refractivity contribution in [2.24, 2.45) is 5.92 Å². The summed E-state index contributed by atoms with van der Waals surface area (Å²) in [5, 5.41) is 13.0. The Bertz CT molecular complexity index is 1540. The smallest absolute Gasteiger partial charge is 0.326 e. The first kappa shape index (κ1) is 31.0. The second-order valence-corrected chi connectivity index (χ2v) is 10.6. The first-order valence-electron chi connectivity index (χ1n) is 14.2. The lowest BCUT2D eigenvalue weighted by atomic mass is 10.00. The zero-order chi connectivity index (χ0) is 30.8. The highest BCUT2D eigenvalue weighted by Crippen LogP contribution is 2.23. The number of ketones is 1. The van der Waals surface area contributed by atoms with E-state index in [0.717, 1.165) is 5.56 Å². The minimum Gasteiger partial charge on any atom is -0.492 e. The van der Waals surface area contributed by atoms with Gasteiger partial charge in [-0.1, -0.05) is 74.5 Å². The van der Waals surface area contributed by atoms with Gasteiger partial charge in [0.15, 0.2) is 5.78 Å². The second-order valence-electron chi connectivity index (χ2n) is 10.6. The van der Waals surface area contributed by atoms with Crippen molar-refractivity contribution in [3.8, 4) is 5.75 Å². The summed E-state index contributed by atoms with van der Waals surface area (Å²) in [5.74, 6) is -1.07. The van der Waals surface area contributed by atoms with Gasteiger partial charge in [-0.25, -0.2) is 9.18 Å². The average Bonchev–Trinajstić information content (AvgIpc) is 2.99. The molecule has 0 aromatic heterocycles. The predicted octanol–water partition coefficient (Wildman–Crippen LogP) is 6.62. The van der Waals surface area contributed by atoms with Crippen molar-refractivity contribution in [3.63, 3.8) is 0 Å². The molecule has 43 heavy (non-hydrogen) atoms. The summed E-state index contributed by atoms with van der Waals surface area (Å²) in [6.45, 7) is 4.33. The number of carboxylic acid groups (broad SMARTS) is 1. The number of rotatable bonds is 14. The Morgan fingerprint density at radius 1 is 0.884 bits per heavy atom. The van der Waals surface area contributed by atoms with Gasteiger partial charge < -0.3 is 20.1 Å². The Hall–Kier alpha value is -4.98. The Morgan fingerprint density at radius 2 is 1.58 bits per heavy atom. The van der Waals surface area contributed by atoms with Crippen LogP contribution in [-0.2, 0) is 16.0 Å². The van der Waals surface area contributed by atoms with E-state index in [0.29, 0.717) is 34.7 Å². The highest BCUT2D eigenvalue weighted by atomic mass is 19.1. The number of halogens is 1. The van der Waals surface area contributed by atoms with E-state index in [2.05, 4.69) is 5.32 Å². The van der Waals surface area contributed by atoms with Gasteiger partial charge in [0, 0.05) is 35.3 Å². The van der Waals surface area contributed by atoms with Crippen LogP contribution in [-0.4, -0.2) is 42.0 Å². The lowest BCUT2D eigenvalue weighted by Crippen LogP contribution is -2.35. The summed E-state index contributed by atoms with van der Waals surface area (Å²) in [6, 6.07) is 27.7. The number of carbonyl (C=O) groups excluding carboxylic acids is 2. The summed E-state index contributed by atoms with van der Waals surface area (Å²) >= 11 is 0. The summed E-state index contributed by atoms with van der Waals surface area (Å²) in [7, 11) is 0. The van der Waals surface area contributed by atoms with E-state index >= 15 is 0 Å². The van der Waals surface area contributed by atoms with Crippen molar-refractivity contribution in [2.45, 2.75) is 32.7 Å². The van der Waals surface area contributed by atoms with Gasteiger partial charge in [0.05, 0.1) is 6.54 Å². The van der Waals surface area contributed by atoms with E-state index in [4.69, 9.17) is 4.74 Å². The highest BCUT2D eigenvalue weighted by Gasteiger charge is 2.22. The quantitative estimate of drug-likeness (QED) is 0.162. The van der Waals surface area contributed by atoms with Crippen LogP contribution in [0.1, 0.15) is 41.8 Å². The van der Waals surface area contributed by atoms with Gasteiger partial charge in [-0.15, -0.1) is 0 Å². The molecule has 1 amide bonds. The van der Waals surface area contributed by atoms with Crippen LogP contribution >= 0.6 is 0 Å². The first-order valence-corrected chi connectivity index (χ1v) is 14.2. The number of carbonyl (C=O) groups is 3. The van der Waals surface area contributed by atoms with E-state index in [9.17, 15) is 23.9 Å². The number of ether oxygens (including phenoxy) is 1. The number of hydrogen-bond acceptors (Lipinski definition) is 5. The third-order valence-electron chi connectivity index (χ3n) is 6.79. The number of aliphatic carboxylic acids is 1. The van der Waals surface area contributed by atoms with Crippen molar-refractivity contribution in [1.82, 2.24) is 0 Å². The Morgan fingerprint density at radius 3 is 2.26 bits per heavy atom. The van der Waals surface area contributed by atoms with Crippen LogP contribution in [0.25, 0.3) is 0 Å². The first-order chi connectivity index (χ1) is 20.7. The number of amides is 1. The van der Waals surface area contributed by atoms with Crippen LogP contribution in [0.5, 0.6) is 5.75 Å². The largest absolute Gasteiger partial charge is 0.492 e. The molecule has 1 atom stereocenters. The number of anilines is 2. The van der Waals surface area contributed by atoms with Crippen LogP contribution in [0.15, 0.2) is 103 Å². The van der Waals surface area contributed by atoms with E-state index in [1.807, 2.05) is 19.9 Å². The summed E-state index contributed by atoms with van der Waals surface area (Å²) in [5.41, 5.74) is 2.58. The highest BCUT2D eigenvalue weighted by molar-refractivity contribution is 6.12. The maximum atomic E-state index is 13.8.